The summed E-state index contributed by atoms with van der Waals surface area (Å²) in [6.45, 7) is 6.72. The van der Waals surface area contributed by atoms with E-state index in [0.717, 1.165) is 57.8 Å². The van der Waals surface area contributed by atoms with Crippen molar-refractivity contribution in [3.05, 3.63) is 12.2 Å². The third kappa shape index (κ3) is 65.0. The van der Waals surface area contributed by atoms with Gasteiger partial charge in [-0.2, -0.15) is 0 Å². The summed E-state index contributed by atoms with van der Waals surface area (Å²) in [7, 11) is 0. The number of ether oxygens (including phenoxy) is 3. The van der Waals surface area contributed by atoms with E-state index in [1.54, 1.807) is 0 Å². The number of esters is 3. The molecule has 462 valence electrons. The first-order valence-corrected chi connectivity index (χ1v) is 35.7. The van der Waals surface area contributed by atoms with E-state index in [0.29, 0.717) is 19.3 Å². The van der Waals surface area contributed by atoms with E-state index in [-0.39, 0.29) is 31.1 Å². The molecule has 78 heavy (non-hydrogen) atoms. The molecule has 0 saturated carbocycles. The molecule has 0 aromatic heterocycles. The zero-order chi connectivity index (χ0) is 56.4. The normalized spacial score (nSPS) is 12.0. The van der Waals surface area contributed by atoms with Crippen LogP contribution in [0.4, 0.5) is 0 Å². The van der Waals surface area contributed by atoms with Crippen LogP contribution in [0.25, 0.3) is 0 Å². The van der Waals surface area contributed by atoms with Gasteiger partial charge in [-0.05, 0) is 44.9 Å². The van der Waals surface area contributed by atoms with Gasteiger partial charge in [0.05, 0.1) is 0 Å². The lowest BCUT2D eigenvalue weighted by Crippen LogP contribution is -2.30. The van der Waals surface area contributed by atoms with Gasteiger partial charge in [0.15, 0.2) is 6.10 Å². The highest BCUT2D eigenvalue weighted by Crippen LogP contribution is 2.19. The minimum Gasteiger partial charge on any atom is -0.462 e. The molecular formula is C72H138O6. The Bertz CT molecular complexity index is 1210. The van der Waals surface area contributed by atoms with Crippen molar-refractivity contribution in [1.82, 2.24) is 0 Å². The van der Waals surface area contributed by atoms with Crippen LogP contribution in [0, 0.1) is 0 Å². The lowest BCUT2D eigenvalue weighted by Gasteiger charge is -2.18. The van der Waals surface area contributed by atoms with Crippen LogP contribution in [0.3, 0.4) is 0 Å². The zero-order valence-electron chi connectivity index (χ0n) is 53.2. The molecule has 1 unspecified atom stereocenters. The minimum atomic E-state index is -0.767. The van der Waals surface area contributed by atoms with Crippen molar-refractivity contribution in [1.29, 1.82) is 0 Å². The van der Waals surface area contributed by atoms with E-state index in [9.17, 15) is 14.4 Å². The van der Waals surface area contributed by atoms with Crippen LogP contribution in [-0.4, -0.2) is 37.2 Å². The van der Waals surface area contributed by atoms with Gasteiger partial charge in [0.25, 0.3) is 0 Å². The highest BCUT2D eigenvalue weighted by molar-refractivity contribution is 5.71. The molecule has 0 aliphatic carbocycles. The van der Waals surface area contributed by atoms with E-state index in [2.05, 4.69) is 32.9 Å². The van der Waals surface area contributed by atoms with Crippen LogP contribution < -0.4 is 0 Å². The van der Waals surface area contributed by atoms with Gasteiger partial charge >= 0.3 is 17.9 Å². The standard InChI is InChI=1S/C72H138O6/c1-4-7-10-13-16-19-22-25-27-29-31-33-34-35-36-37-38-40-41-43-45-47-50-53-56-59-62-65-71(74)77-68-69(67-76-70(73)64-61-58-55-52-49-24-21-18-15-12-9-6-3)78-72(75)66-63-60-57-54-51-48-46-44-42-39-32-30-28-26-23-20-17-14-11-8-5-2/h30,32,69H,4-29,31,33-68H2,1-3H3/b32-30-. The second-order valence-electron chi connectivity index (χ2n) is 24.5. The van der Waals surface area contributed by atoms with Crippen molar-refractivity contribution in [3.63, 3.8) is 0 Å². The molecule has 6 nitrogen and oxygen atoms in total. The van der Waals surface area contributed by atoms with Crippen molar-refractivity contribution < 1.29 is 28.6 Å². The Morgan fingerprint density at radius 3 is 0.641 bits per heavy atom. The second-order valence-corrected chi connectivity index (χ2v) is 24.5. The molecule has 1 atom stereocenters. The predicted molar refractivity (Wildman–Crippen MR) is 340 cm³/mol. The van der Waals surface area contributed by atoms with Gasteiger partial charge in [-0.3, -0.25) is 14.4 Å². The Kier molecular flexibility index (Phi) is 66.0. The van der Waals surface area contributed by atoms with Gasteiger partial charge in [-0.15, -0.1) is 0 Å². The Balaban J connectivity index is 4.16. The first-order chi connectivity index (χ1) is 38.5. The summed E-state index contributed by atoms with van der Waals surface area (Å²) in [4.78, 5) is 38.4. The molecular weight excluding hydrogens is 961 g/mol. The summed E-state index contributed by atoms with van der Waals surface area (Å²) in [5.41, 5.74) is 0. The lowest BCUT2D eigenvalue weighted by atomic mass is 10.0. The first-order valence-electron chi connectivity index (χ1n) is 35.7. The molecule has 0 aliphatic heterocycles. The van der Waals surface area contributed by atoms with Crippen molar-refractivity contribution in [3.8, 4) is 0 Å². The van der Waals surface area contributed by atoms with E-state index in [1.807, 2.05) is 0 Å². The molecule has 0 aromatic carbocycles. The Morgan fingerprint density at radius 1 is 0.244 bits per heavy atom. The molecule has 0 bridgehead atoms. The predicted octanol–water partition coefficient (Wildman–Crippen LogP) is 24.4. The van der Waals surface area contributed by atoms with E-state index in [1.165, 1.54) is 315 Å². The van der Waals surface area contributed by atoms with Gasteiger partial charge in [-0.1, -0.05) is 360 Å². The molecule has 0 N–H and O–H groups in total. The molecule has 0 amide bonds. The second kappa shape index (κ2) is 67.7. The molecule has 6 heteroatoms. The summed E-state index contributed by atoms with van der Waals surface area (Å²) in [5, 5.41) is 0. The Hall–Kier alpha value is -1.85. The fourth-order valence-corrected chi connectivity index (χ4v) is 11.2. The van der Waals surface area contributed by atoms with Crippen molar-refractivity contribution in [2.75, 3.05) is 13.2 Å². The summed E-state index contributed by atoms with van der Waals surface area (Å²) in [6, 6.07) is 0. The summed E-state index contributed by atoms with van der Waals surface area (Å²) in [5.74, 6) is -0.832. The number of unbranched alkanes of at least 4 members (excludes halogenated alkanes) is 54. The Labute approximate surface area is 488 Å². The zero-order valence-corrected chi connectivity index (χ0v) is 53.2. The molecule has 0 saturated heterocycles. The van der Waals surface area contributed by atoms with Gasteiger partial charge in [0.2, 0.25) is 0 Å². The third-order valence-electron chi connectivity index (χ3n) is 16.5. The van der Waals surface area contributed by atoms with Crippen LogP contribution in [0.5, 0.6) is 0 Å². The number of allylic oxidation sites excluding steroid dienone is 2. The van der Waals surface area contributed by atoms with Crippen LogP contribution in [0.2, 0.25) is 0 Å². The van der Waals surface area contributed by atoms with Gasteiger partial charge < -0.3 is 14.2 Å². The number of hydrogen-bond acceptors (Lipinski definition) is 6. The van der Waals surface area contributed by atoms with Crippen LogP contribution in [0.1, 0.15) is 412 Å². The summed E-state index contributed by atoms with van der Waals surface area (Å²) in [6.07, 6.45) is 81.1. The average molecular weight is 1100 g/mol. The Morgan fingerprint density at radius 2 is 0.423 bits per heavy atom. The van der Waals surface area contributed by atoms with E-state index >= 15 is 0 Å². The van der Waals surface area contributed by atoms with E-state index < -0.39 is 6.10 Å². The molecule has 0 aromatic rings. The molecule has 0 radical (unpaired) electrons. The van der Waals surface area contributed by atoms with Gasteiger partial charge in [0.1, 0.15) is 13.2 Å². The minimum absolute atomic E-state index is 0.0639. The first kappa shape index (κ1) is 76.1. The molecule has 0 heterocycles. The number of carbonyl (C=O) groups excluding carboxylic acids is 3. The summed E-state index contributed by atoms with van der Waals surface area (Å²) >= 11 is 0. The van der Waals surface area contributed by atoms with Crippen molar-refractivity contribution >= 4 is 17.9 Å². The smallest absolute Gasteiger partial charge is 0.306 e. The SMILES string of the molecule is CCCCCCCCCC/C=C\CCCCCCCCCCCC(=O)OC(COC(=O)CCCCCCCCCCCCCC)COC(=O)CCCCCCCCCCCCCCCCCCCCCCCCCCCCC. The van der Waals surface area contributed by atoms with Gasteiger partial charge in [0, 0.05) is 19.3 Å². The summed E-state index contributed by atoms with van der Waals surface area (Å²) < 4.78 is 17.0. The number of rotatable bonds is 67. The lowest BCUT2D eigenvalue weighted by molar-refractivity contribution is -0.167. The fraction of sp³-hybridized carbons (Fsp3) is 0.931. The highest BCUT2D eigenvalue weighted by atomic mass is 16.6. The van der Waals surface area contributed by atoms with Gasteiger partial charge in [-0.25, -0.2) is 0 Å². The third-order valence-corrected chi connectivity index (χ3v) is 16.5. The van der Waals surface area contributed by atoms with Crippen molar-refractivity contribution in [2.45, 2.75) is 419 Å². The quantitative estimate of drug-likeness (QED) is 0.0261. The molecule has 0 spiro atoms. The number of carbonyl (C=O) groups is 3. The van der Waals surface area contributed by atoms with E-state index in [4.69, 9.17) is 14.2 Å². The van der Waals surface area contributed by atoms with Crippen molar-refractivity contribution in [2.24, 2.45) is 0 Å². The maximum atomic E-state index is 12.9. The topological polar surface area (TPSA) is 78.9 Å². The van der Waals surface area contributed by atoms with Crippen LogP contribution >= 0.6 is 0 Å². The fourth-order valence-electron chi connectivity index (χ4n) is 11.2. The molecule has 0 aliphatic rings. The maximum absolute atomic E-state index is 12.9. The monoisotopic (exact) mass is 1100 g/mol. The van der Waals surface area contributed by atoms with Crippen LogP contribution in [-0.2, 0) is 28.6 Å². The largest absolute Gasteiger partial charge is 0.462 e. The van der Waals surface area contributed by atoms with Crippen LogP contribution in [0.15, 0.2) is 12.2 Å². The average Bonchev–Trinajstić information content (AvgIpc) is 3.44. The molecule has 0 rings (SSSR count). The molecule has 0 fully saturated rings. The maximum Gasteiger partial charge on any atom is 0.306 e. The number of hydrogen-bond donors (Lipinski definition) is 0. The highest BCUT2D eigenvalue weighted by Gasteiger charge is 2.19.